The maximum absolute atomic E-state index is 13.3. The first-order valence-electron chi connectivity index (χ1n) is 11.5. The third kappa shape index (κ3) is 6.40. The van der Waals surface area contributed by atoms with Gasteiger partial charge in [0, 0.05) is 39.0 Å². The maximum atomic E-state index is 13.3. The molecule has 6 heteroatoms. The molecule has 0 aromatic heterocycles. The van der Waals surface area contributed by atoms with Crippen molar-refractivity contribution in [3.63, 3.8) is 0 Å². The van der Waals surface area contributed by atoms with Gasteiger partial charge in [-0.25, -0.2) is 8.78 Å². The molecule has 4 nitrogen and oxygen atoms in total. The van der Waals surface area contributed by atoms with Crippen LogP contribution in [0.4, 0.5) is 8.78 Å². The SMILES string of the molecule is CCN(CC)C(=O)C1CCCN(Cc2cccc(OCC3CCC(F)(F)CC3)c2)C1. The Kier molecular flexibility index (Phi) is 8.09. The Morgan fingerprint density at radius 3 is 2.63 bits per heavy atom. The summed E-state index contributed by atoms with van der Waals surface area (Å²) in [5.41, 5.74) is 1.17. The summed E-state index contributed by atoms with van der Waals surface area (Å²) in [5.74, 6) is -1.11. The highest BCUT2D eigenvalue weighted by Gasteiger charge is 2.35. The smallest absolute Gasteiger partial charge is 0.248 e. The minimum Gasteiger partial charge on any atom is -0.493 e. The highest BCUT2D eigenvalue weighted by atomic mass is 19.3. The number of ether oxygens (including phenoxy) is 1. The van der Waals surface area contributed by atoms with E-state index < -0.39 is 5.92 Å². The molecule has 3 rings (SSSR count). The van der Waals surface area contributed by atoms with Gasteiger partial charge in [-0.15, -0.1) is 0 Å². The molecule has 1 aliphatic heterocycles. The topological polar surface area (TPSA) is 32.8 Å². The van der Waals surface area contributed by atoms with E-state index in [-0.39, 0.29) is 30.6 Å². The van der Waals surface area contributed by atoms with E-state index in [9.17, 15) is 13.6 Å². The summed E-state index contributed by atoms with van der Waals surface area (Å²) in [4.78, 5) is 17.0. The van der Waals surface area contributed by atoms with Crippen LogP contribution in [0.2, 0.25) is 0 Å². The van der Waals surface area contributed by atoms with E-state index in [1.54, 1.807) is 0 Å². The fourth-order valence-electron chi connectivity index (χ4n) is 4.67. The van der Waals surface area contributed by atoms with Gasteiger partial charge in [-0.3, -0.25) is 9.69 Å². The lowest BCUT2D eigenvalue weighted by Gasteiger charge is -2.34. The monoisotopic (exact) mass is 422 g/mol. The molecule has 2 aliphatic rings. The molecule has 1 aromatic carbocycles. The van der Waals surface area contributed by atoms with Crippen molar-refractivity contribution in [2.24, 2.45) is 11.8 Å². The molecule has 0 spiro atoms. The number of nitrogens with zero attached hydrogens (tertiary/aromatic N) is 2. The van der Waals surface area contributed by atoms with Gasteiger partial charge in [-0.1, -0.05) is 12.1 Å². The number of benzene rings is 1. The summed E-state index contributed by atoms with van der Waals surface area (Å²) in [6.45, 7) is 8.71. The quantitative estimate of drug-likeness (QED) is 0.593. The van der Waals surface area contributed by atoms with Crippen LogP contribution in [0.3, 0.4) is 0 Å². The molecule has 1 saturated heterocycles. The fraction of sp³-hybridized carbons (Fsp3) is 0.708. The van der Waals surface area contributed by atoms with E-state index in [1.165, 1.54) is 5.56 Å². The lowest BCUT2D eigenvalue weighted by atomic mass is 9.87. The standard InChI is InChI=1S/C24H36F2N2O2/c1-3-28(4-2)23(29)21-8-6-14-27(17-21)16-20-7-5-9-22(15-20)30-18-19-10-12-24(25,26)13-11-19/h5,7,9,15,19,21H,3-4,6,8,10-14,16-18H2,1-2H3. The molecule has 0 bridgehead atoms. The molecule has 1 heterocycles. The van der Waals surface area contributed by atoms with E-state index in [4.69, 9.17) is 4.74 Å². The molecule has 1 unspecified atom stereocenters. The van der Waals surface area contributed by atoms with Crippen molar-refractivity contribution in [2.45, 2.75) is 64.8 Å². The van der Waals surface area contributed by atoms with E-state index in [0.717, 1.165) is 51.3 Å². The van der Waals surface area contributed by atoms with Gasteiger partial charge in [0.15, 0.2) is 0 Å². The number of piperidine rings is 1. The number of rotatable bonds is 8. The number of hydrogen-bond donors (Lipinski definition) is 0. The largest absolute Gasteiger partial charge is 0.493 e. The van der Waals surface area contributed by atoms with Gasteiger partial charge >= 0.3 is 0 Å². The molecule has 1 aliphatic carbocycles. The summed E-state index contributed by atoms with van der Waals surface area (Å²) in [5, 5.41) is 0. The van der Waals surface area contributed by atoms with Crippen LogP contribution in [-0.4, -0.2) is 54.4 Å². The van der Waals surface area contributed by atoms with E-state index in [1.807, 2.05) is 36.9 Å². The van der Waals surface area contributed by atoms with Crippen molar-refractivity contribution in [3.05, 3.63) is 29.8 Å². The number of hydrogen-bond acceptors (Lipinski definition) is 3. The molecular formula is C24H36F2N2O2. The van der Waals surface area contributed by atoms with Crippen molar-refractivity contribution >= 4 is 5.91 Å². The van der Waals surface area contributed by atoms with Crippen molar-refractivity contribution < 1.29 is 18.3 Å². The van der Waals surface area contributed by atoms with Crippen molar-refractivity contribution in [3.8, 4) is 5.75 Å². The lowest BCUT2D eigenvalue weighted by Crippen LogP contribution is -2.44. The number of halogens is 2. The molecule has 0 N–H and O–H groups in total. The molecule has 1 atom stereocenters. The normalized spacial score (nSPS) is 22.6. The summed E-state index contributed by atoms with van der Waals surface area (Å²) < 4.78 is 32.6. The predicted molar refractivity (Wildman–Crippen MR) is 115 cm³/mol. The zero-order valence-electron chi connectivity index (χ0n) is 18.4. The second kappa shape index (κ2) is 10.6. The number of carbonyl (C=O) groups excluding carboxylic acids is 1. The van der Waals surface area contributed by atoms with Gasteiger partial charge in [0.25, 0.3) is 0 Å². The van der Waals surface area contributed by atoms with Crippen LogP contribution in [0.5, 0.6) is 5.75 Å². The molecule has 1 aromatic rings. The summed E-state index contributed by atoms with van der Waals surface area (Å²) in [6.07, 6.45) is 3.02. The van der Waals surface area contributed by atoms with Crippen molar-refractivity contribution in [1.82, 2.24) is 9.80 Å². The molecule has 2 fully saturated rings. The van der Waals surface area contributed by atoms with Crippen LogP contribution in [-0.2, 0) is 11.3 Å². The van der Waals surface area contributed by atoms with E-state index in [0.29, 0.717) is 19.4 Å². The Balaban J connectivity index is 1.50. The Morgan fingerprint density at radius 1 is 1.20 bits per heavy atom. The van der Waals surface area contributed by atoms with Crippen molar-refractivity contribution in [1.29, 1.82) is 0 Å². The number of likely N-dealkylation sites (tertiary alicyclic amines) is 1. The fourth-order valence-corrected chi connectivity index (χ4v) is 4.67. The second-order valence-corrected chi connectivity index (χ2v) is 8.84. The van der Waals surface area contributed by atoms with Gasteiger partial charge in [0.05, 0.1) is 12.5 Å². The van der Waals surface area contributed by atoms with Gasteiger partial charge in [0.2, 0.25) is 11.8 Å². The highest BCUT2D eigenvalue weighted by Crippen LogP contribution is 2.36. The minimum atomic E-state index is -2.49. The average molecular weight is 423 g/mol. The van der Waals surface area contributed by atoms with E-state index >= 15 is 0 Å². The first kappa shape index (κ1) is 23.0. The summed E-state index contributed by atoms with van der Waals surface area (Å²) in [6, 6.07) is 8.06. The Hall–Kier alpha value is -1.69. The Bertz CT molecular complexity index is 684. The van der Waals surface area contributed by atoms with Crippen LogP contribution in [0.1, 0.15) is 57.9 Å². The van der Waals surface area contributed by atoms with E-state index in [2.05, 4.69) is 11.0 Å². The first-order valence-corrected chi connectivity index (χ1v) is 11.5. The molecular weight excluding hydrogens is 386 g/mol. The van der Waals surface area contributed by atoms with Crippen LogP contribution < -0.4 is 4.74 Å². The molecule has 168 valence electrons. The second-order valence-electron chi connectivity index (χ2n) is 8.84. The molecule has 1 amide bonds. The number of carbonyl (C=O) groups is 1. The van der Waals surface area contributed by atoms with Crippen LogP contribution >= 0.6 is 0 Å². The summed E-state index contributed by atoms with van der Waals surface area (Å²) >= 11 is 0. The van der Waals surface area contributed by atoms with Crippen LogP contribution in [0.15, 0.2) is 24.3 Å². The van der Waals surface area contributed by atoms with Gasteiger partial charge in [0.1, 0.15) is 5.75 Å². The third-order valence-corrected chi connectivity index (χ3v) is 6.56. The zero-order valence-corrected chi connectivity index (χ0v) is 18.4. The summed E-state index contributed by atoms with van der Waals surface area (Å²) in [7, 11) is 0. The number of amides is 1. The zero-order chi connectivity index (χ0) is 21.6. The lowest BCUT2D eigenvalue weighted by molar-refractivity contribution is -0.137. The van der Waals surface area contributed by atoms with Crippen LogP contribution in [0.25, 0.3) is 0 Å². The van der Waals surface area contributed by atoms with Crippen LogP contribution in [0, 0.1) is 11.8 Å². The predicted octanol–water partition coefficient (Wildman–Crippen LogP) is 4.97. The maximum Gasteiger partial charge on any atom is 0.248 e. The van der Waals surface area contributed by atoms with Gasteiger partial charge in [-0.2, -0.15) is 0 Å². The third-order valence-electron chi connectivity index (χ3n) is 6.56. The van der Waals surface area contributed by atoms with Gasteiger partial charge in [-0.05, 0) is 69.7 Å². The van der Waals surface area contributed by atoms with Gasteiger partial charge < -0.3 is 9.64 Å². The Morgan fingerprint density at radius 2 is 1.93 bits per heavy atom. The molecule has 0 radical (unpaired) electrons. The minimum absolute atomic E-state index is 0.0244. The van der Waals surface area contributed by atoms with Crippen molar-refractivity contribution in [2.75, 3.05) is 32.8 Å². The average Bonchev–Trinajstić information content (AvgIpc) is 2.74. The highest BCUT2D eigenvalue weighted by molar-refractivity contribution is 5.79. The first-order chi connectivity index (χ1) is 14.4. The molecule has 30 heavy (non-hydrogen) atoms. The Labute approximate surface area is 179 Å². The number of alkyl halides is 2. The molecule has 1 saturated carbocycles.